The summed E-state index contributed by atoms with van der Waals surface area (Å²) in [7, 11) is 0. The van der Waals surface area contributed by atoms with Gasteiger partial charge in [0, 0.05) is 28.3 Å². The van der Waals surface area contributed by atoms with E-state index in [1.165, 1.54) is 0 Å². The number of ether oxygens (including phenoxy) is 1. The number of thiophene rings is 1. The standard InChI is InChI=1S/C11H13BrO2S/c1-7-8(2-4-14-7)10(13)6-11-9(12)3-5-15-11/h3,5,7-8H,2,4,6H2,1H3. The molecule has 0 N–H and O–H groups in total. The lowest BCUT2D eigenvalue weighted by Gasteiger charge is -2.11. The van der Waals surface area contributed by atoms with E-state index in [1.807, 2.05) is 18.4 Å². The van der Waals surface area contributed by atoms with Crippen LogP contribution in [0.1, 0.15) is 18.2 Å². The molecule has 0 amide bonds. The third-order valence-corrected chi connectivity index (χ3v) is 4.74. The Hall–Kier alpha value is -0.190. The molecule has 1 aliphatic rings. The fraction of sp³-hybridized carbons (Fsp3) is 0.545. The molecule has 1 fully saturated rings. The minimum Gasteiger partial charge on any atom is -0.378 e. The van der Waals surface area contributed by atoms with Gasteiger partial charge in [0.25, 0.3) is 0 Å². The molecule has 2 heterocycles. The van der Waals surface area contributed by atoms with Crippen LogP contribution in [-0.2, 0) is 16.0 Å². The van der Waals surface area contributed by atoms with E-state index in [9.17, 15) is 4.79 Å². The van der Waals surface area contributed by atoms with Gasteiger partial charge in [0.05, 0.1) is 6.10 Å². The van der Waals surface area contributed by atoms with Crippen molar-refractivity contribution in [1.82, 2.24) is 0 Å². The Balaban J connectivity index is 2.01. The van der Waals surface area contributed by atoms with Gasteiger partial charge in [-0.3, -0.25) is 4.79 Å². The van der Waals surface area contributed by atoms with E-state index in [0.717, 1.165) is 22.4 Å². The predicted molar refractivity (Wildman–Crippen MR) is 64.3 cm³/mol. The molecule has 4 heteroatoms. The smallest absolute Gasteiger partial charge is 0.143 e. The number of hydrogen-bond acceptors (Lipinski definition) is 3. The number of ketones is 1. The minimum absolute atomic E-state index is 0.0937. The van der Waals surface area contributed by atoms with Crippen molar-refractivity contribution >= 4 is 33.0 Å². The number of carbonyl (C=O) groups excluding carboxylic acids is 1. The molecule has 2 atom stereocenters. The molecule has 82 valence electrons. The van der Waals surface area contributed by atoms with Crippen molar-refractivity contribution in [3.63, 3.8) is 0 Å². The minimum atomic E-state index is 0.0937. The summed E-state index contributed by atoms with van der Waals surface area (Å²) in [4.78, 5) is 13.1. The summed E-state index contributed by atoms with van der Waals surface area (Å²) >= 11 is 5.07. The van der Waals surface area contributed by atoms with Crippen molar-refractivity contribution in [1.29, 1.82) is 0 Å². The van der Waals surface area contributed by atoms with Crippen LogP contribution in [0.4, 0.5) is 0 Å². The van der Waals surface area contributed by atoms with E-state index < -0.39 is 0 Å². The van der Waals surface area contributed by atoms with E-state index in [4.69, 9.17) is 4.74 Å². The van der Waals surface area contributed by atoms with Gasteiger partial charge in [0.1, 0.15) is 5.78 Å². The van der Waals surface area contributed by atoms with Gasteiger partial charge in [-0.05, 0) is 40.7 Å². The highest BCUT2D eigenvalue weighted by atomic mass is 79.9. The fourth-order valence-electron chi connectivity index (χ4n) is 1.90. The van der Waals surface area contributed by atoms with Gasteiger partial charge in [-0.2, -0.15) is 0 Å². The molecule has 0 aromatic carbocycles. The molecular formula is C11H13BrO2S. The Morgan fingerprint density at radius 1 is 1.73 bits per heavy atom. The Labute approximate surface area is 102 Å². The second-order valence-electron chi connectivity index (χ2n) is 3.81. The maximum atomic E-state index is 12.0. The second kappa shape index (κ2) is 4.76. The first-order chi connectivity index (χ1) is 7.18. The van der Waals surface area contributed by atoms with Crippen molar-refractivity contribution in [2.24, 2.45) is 5.92 Å². The van der Waals surface area contributed by atoms with Crippen LogP contribution in [0, 0.1) is 5.92 Å². The van der Waals surface area contributed by atoms with Crippen molar-refractivity contribution < 1.29 is 9.53 Å². The predicted octanol–water partition coefficient (Wildman–Crippen LogP) is 3.05. The van der Waals surface area contributed by atoms with E-state index in [1.54, 1.807) is 11.3 Å². The average molecular weight is 289 g/mol. The summed E-state index contributed by atoms with van der Waals surface area (Å²) in [6.45, 7) is 2.71. The lowest BCUT2D eigenvalue weighted by atomic mass is 9.95. The molecular weight excluding hydrogens is 276 g/mol. The molecule has 0 bridgehead atoms. The van der Waals surface area contributed by atoms with Crippen LogP contribution in [0.25, 0.3) is 0 Å². The van der Waals surface area contributed by atoms with Crippen molar-refractivity contribution in [2.45, 2.75) is 25.9 Å². The molecule has 15 heavy (non-hydrogen) atoms. The maximum absolute atomic E-state index is 12.0. The monoisotopic (exact) mass is 288 g/mol. The fourth-order valence-corrected chi connectivity index (χ4v) is 3.40. The maximum Gasteiger partial charge on any atom is 0.143 e. The quantitative estimate of drug-likeness (QED) is 0.855. The average Bonchev–Trinajstić information content (AvgIpc) is 2.76. The molecule has 2 rings (SSSR count). The largest absolute Gasteiger partial charge is 0.378 e. The summed E-state index contributed by atoms with van der Waals surface area (Å²) in [6, 6.07) is 1.99. The molecule has 0 saturated carbocycles. The number of carbonyl (C=O) groups is 1. The molecule has 1 aliphatic heterocycles. The van der Waals surface area contributed by atoms with Gasteiger partial charge in [-0.25, -0.2) is 0 Å². The summed E-state index contributed by atoms with van der Waals surface area (Å²) in [5.74, 6) is 0.405. The zero-order chi connectivity index (χ0) is 10.8. The molecule has 0 aliphatic carbocycles. The Kier molecular flexibility index (Phi) is 3.59. The van der Waals surface area contributed by atoms with Crippen LogP contribution >= 0.6 is 27.3 Å². The zero-order valence-corrected chi connectivity index (χ0v) is 10.9. The highest BCUT2D eigenvalue weighted by Crippen LogP contribution is 2.27. The number of hydrogen-bond donors (Lipinski definition) is 0. The van der Waals surface area contributed by atoms with Crippen molar-refractivity contribution in [3.8, 4) is 0 Å². The topological polar surface area (TPSA) is 26.3 Å². The second-order valence-corrected chi connectivity index (χ2v) is 5.66. The normalized spacial score (nSPS) is 25.7. The summed E-state index contributed by atoms with van der Waals surface area (Å²) in [5.41, 5.74) is 0. The first kappa shape index (κ1) is 11.3. The molecule has 2 nitrogen and oxygen atoms in total. The third kappa shape index (κ3) is 2.49. The Morgan fingerprint density at radius 2 is 2.53 bits per heavy atom. The van der Waals surface area contributed by atoms with E-state index in [0.29, 0.717) is 12.2 Å². The lowest BCUT2D eigenvalue weighted by molar-refractivity contribution is -0.123. The van der Waals surface area contributed by atoms with Crippen molar-refractivity contribution in [3.05, 3.63) is 20.8 Å². The molecule has 0 radical (unpaired) electrons. The highest BCUT2D eigenvalue weighted by Gasteiger charge is 2.30. The van der Waals surface area contributed by atoms with Gasteiger partial charge in [-0.15, -0.1) is 11.3 Å². The van der Waals surface area contributed by atoms with Crippen LogP contribution in [0.15, 0.2) is 15.9 Å². The molecule has 0 spiro atoms. The summed E-state index contributed by atoms with van der Waals surface area (Å²) in [5, 5.41) is 2.00. The van der Waals surface area contributed by atoms with Gasteiger partial charge >= 0.3 is 0 Å². The number of rotatable bonds is 3. The number of Topliss-reactive ketones (excluding diaryl/α,β-unsaturated/α-hetero) is 1. The highest BCUT2D eigenvalue weighted by molar-refractivity contribution is 9.10. The third-order valence-electron chi connectivity index (χ3n) is 2.82. The van der Waals surface area contributed by atoms with Crippen LogP contribution in [0.2, 0.25) is 0 Å². The lowest BCUT2D eigenvalue weighted by Crippen LogP contribution is -2.22. The van der Waals surface area contributed by atoms with Crippen molar-refractivity contribution in [2.75, 3.05) is 6.61 Å². The summed E-state index contributed by atoms with van der Waals surface area (Å²) in [6.07, 6.45) is 1.51. The van der Waals surface area contributed by atoms with Crippen LogP contribution in [0.3, 0.4) is 0 Å². The van der Waals surface area contributed by atoms with E-state index in [-0.39, 0.29) is 12.0 Å². The molecule has 2 unspecified atom stereocenters. The number of halogens is 1. The van der Waals surface area contributed by atoms with Gasteiger partial charge in [-0.1, -0.05) is 0 Å². The Morgan fingerprint density at radius 3 is 3.07 bits per heavy atom. The van der Waals surface area contributed by atoms with Gasteiger partial charge < -0.3 is 4.74 Å². The van der Waals surface area contributed by atoms with Crippen LogP contribution < -0.4 is 0 Å². The van der Waals surface area contributed by atoms with Gasteiger partial charge in [0.2, 0.25) is 0 Å². The van der Waals surface area contributed by atoms with Crippen LogP contribution in [0.5, 0.6) is 0 Å². The van der Waals surface area contributed by atoms with E-state index >= 15 is 0 Å². The Bertz CT molecular complexity index is 361. The first-order valence-electron chi connectivity index (χ1n) is 5.04. The first-order valence-corrected chi connectivity index (χ1v) is 6.72. The molecule has 1 saturated heterocycles. The zero-order valence-electron chi connectivity index (χ0n) is 8.53. The molecule has 1 aromatic rings. The summed E-state index contributed by atoms with van der Waals surface area (Å²) < 4.78 is 6.46. The molecule has 1 aromatic heterocycles. The SMILES string of the molecule is CC1OCCC1C(=O)Cc1sccc1Br. The van der Waals surface area contributed by atoms with E-state index in [2.05, 4.69) is 15.9 Å². The van der Waals surface area contributed by atoms with Gasteiger partial charge in [0.15, 0.2) is 0 Å². The van der Waals surface area contributed by atoms with Crippen LogP contribution in [-0.4, -0.2) is 18.5 Å².